The van der Waals surface area contributed by atoms with Crippen molar-refractivity contribution < 1.29 is 4.79 Å². The van der Waals surface area contributed by atoms with Crippen LogP contribution in [-0.2, 0) is 4.79 Å². The van der Waals surface area contributed by atoms with Gasteiger partial charge in [-0.1, -0.05) is 18.2 Å². The molecule has 3 rings (SSSR count). The van der Waals surface area contributed by atoms with E-state index in [1.54, 1.807) is 11.8 Å². The molecule has 5 nitrogen and oxygen atoms in total. The molecule has 0 bridgehead atoms. The fourth-order valence-electron chi connectivity index (χ4n) is 3.37. The Morgan fingerprint density at radius 3 is 2.69 bits per heavy atom. The van der Waals surface area contributed by atoms with Gasteiger partial charge < -0.3 is 10.2 Å². The van der Waals surface area contributed by atoms with Gasteiger partial charge in [0, 0.05) is 42.5 Å². The Morgan fingerprint density at radius 1 is 1.14 bits per heavy atom. The van der Waals surface area contributed by atoms with Gasteiger partial charge in [-0.05, 0) is 42.8 Å². The molecule has 2 aromatic carbocycles. The van der Waals surface area contributed by atoms with Crippen LogP contribution in [0.15, 0.2) is 66.1 Å². The average Bonchev–Trinajstić information content (AvgIpc) is 2.98. The number of hydrogen-bond donors (Lipinski definition) is 1. The number of nitriles is 1. The Bertz CT molecular complexity index is 875. The average molecular weight is 407 g/mol. The first-order chi connectivity index (χ1) is 14.2. The summed E-state index contributed by atoms with van der Waals surface area (Å²) >= 11 is 1.67. The third kappa shape index (κ3) is 6.11. The third-order valence-corrected chi connectivity index (χ3v) is 5.90. The Balaban J connectivity index is 1.54. The van der Waals surface area contributed by atoms with E-state index in [2.05, 4.69) is 27.8 Å². The van der Waals surface area contributed by atoms with Crippen LogP contribution in [0.3, 0.4) is 0 Å². The van der Waals surface area contributed by atoms with Gasteiger partial charge in [0.25, 0.3) is 0 Å². The van der Waals surface area contributed by atoms with E-state index in [4.69, 9.17) is 5.26 Å². The summed E-state index contributed by atoms with van der Waals surface area (Å²) in [5, 5.41) is 12.0. The van der Waals surface area contributed by atoms with Crippen molar-refractivity contribution in [2.24, 2.45) is 0 Å². The molecular weight excluding hydrogens is 380 g/mol. The van der Waals surface area contributed by atoms with Gasteiger partial charge in [-0.3, -0.25) is 9.69 Å². The topological polar surface area (TPSA) is 59.4 Å². The summed E-state index contributed by atoms with van der Waals surface area (Å²) in [5.41, 5.74) is 2.66. The van der Waals surface area contributed by atoms with Gasteiger partial charge in [0.2, 0.25) is 5.91 Å². The van der Waals surface area contributed by atoms with Crippen LogP contribution in [0.2, 0.25) is 0 Å². The van der Waals surface area contributed by atoms with Crippen LogP contribution in [0.25, 0.3) is 0 Å². The number of carbonyl (C=O) groups excluding carboxylic acids is 1. The maximum atomic E-state index is 12.6. The molecule has 0 saturated carbocycles. The highest BCUT2D eigenvalue weighted by molar-refractivity contribution is 7.99. The van der Waals surface area contributed by atoms with Crippen LogP contribution in [0, 0.1) is 11.3 Å². The lowest BCUT2D eigenvalue weighted by Gasteiger charge is -2.23. The Labute approximate surface area is 177 Å². The van der Waals surface area contributed by atoms with Crippen LogP contribution in [0.1, 0.15) is 12.0 Å². The number of hydrogen-bond acceptors (Lipinski definition) is 5. The lowest BCUT2D eigenvalue weighted by atomic mass is 10.2. The number of benzene rings is 2. The minimum atomic E-state index is 0.0171. The maximum Gasteiger partial charge on any atom is 0.238 e. The van der Waals surface area contributed by atoms with Crippen LogP contribution >= 0.6 is 11.8 Å². The molecule has 1 saturated heterocycles. The number of nitrogens with one attached hydrogen (secondary N) is 1. The Morgan fingerprint density at radius 2 is 1.93 bits per heavy atom. The lowest BCUT2D eigenvalue weighted by Crippen LogP contribution is -2.36. The predicted octanol–water partition coefficient (Wildman–Crippen LogP) is 3.99. The van der Waals surface area contributed by atoms with E-state index in [1.165, 1.54) is 0 Å². The van der Waals surface area contributed by atoms with Crippen molar-refractivity contribution in [3.8, 4) is 6.07 Å². The smallest absolute Gasteiger partial charge is 0.238 e. The van der Waals surface area contributed by atoms with E-state index in [0.717, 1.165) is 54.6 Å². The number of thioether (sulfide) groups is 1. The second-order valence-electron chi connectivity index (χ2n) is 6.92. The molecule has 29 heavy (non-hydrogen) atoms. The molecule has 6 heteroatoms. The summed E-state index contributed by atoms with van der Waals surface area (Å²) in [4.78, 5) is 18.2. The third-order valence-electron chi connectivity index (χ3n) is 4.84. The number of anilines is 2. The molecule has 1 N–H and O–H groups in total. The van der Waals surface area contributed by atoms with Crippen LogP contribution < -0.4 is 10.2 Å². The predicted molar refractivity (Wildman–Crippen MR) is 120 cm³/mol. The minimum Gasteiger partial charge on any atom is -0.370 e. The number of carbonyl (C=O) groups is 1. The first-order valence-electron chi connectivity index (χ1n) is 9.79. The fraction of sp³-hybridized carbons (Fsp3) is 0.304. The van der Waals surface area contributed by atoms with Gasteiger partial charge in [0.05, 0.1) is 23.9 Å². The number of para-hydroxylation sites is 1. The van der Waals surface area contributed by atoms with E-state index in [0.29, 0.717) is 12.1 Å². The van der Waals surface area contributed by atoms with Gasteiger partial charge in [-0.2, -0.15) is 5.26 Å². The molecule has 0 aromatic heterocycles. The highest BCUT2D eigenvalue weighted by Crippen LogP contribution is 2.27. The molecular formula is C23H26N4OS. The molecule has 0 unspecified atom stereocenters. The van der Waals surface area contributed by atoms with Crippen molar-refractivity contribution in [3.05, 3.63) is 66.7 Å². The standard InChI is InChI=1S/C23H26N4OS/c1-2-16-29-22-7-4-3-6-21(22)25-23(28)18-26-12-5-13-27(15-14-26)20-10-8-19(17-24)9-11-20/h2-4,6-11H,1,5,12-16,18H2,(H,25,28). The molecule has 150 valence electrons. The van der Waals surface area contributed by atoms with E-state index < -0.39 is 0 Å². The van der Waals surface area contributed by atoms with E-state index in [1.807, 2.05) is 54.6 Å². The van der Waals surface area contributed by atoms with E-state index >= 15 is 0 Å². The molecule has 1 aliphatic rings. The SMILES string of the molecule is C=CCSc1ccccc1NC(=O)CN1CCCN(c2ccc(C#N)cc2)CC1. The van der Waals surface area contributed by atoms with Crippen molar-refractivity contribution >= 4 is 29.0 Å². The highest BCUT2D eigenvalue weighted by atomic mass is 32.2. The van der Waals surface area contributed by atoms with E-state index in [-0.39, 0.29) is 5.91 Å². The van der Waals surface area contributed by atoms with Crippen molar-refractivity contribution in [1.82, 2.24) is 4.90 Å². The summed E-state index contributed by atoms with van der Waals surface area (Å²) in [5.74, 6) is 0.827. The molecule has 1 aliphatic heterocycles. The zero-order chi connectivity index (χ0) is 20.5. The molecule has 1 amide bonds. The van der Waals surface area contributed by atoms with Crippen LogP contribution in [-0.4, -0.2) is 49.3 Å². The first-order valence-corrected chi connectivity index (χ1v) is 10.8. The second-order valence-corrected chi connectivity index (χ2v) is 7.98. The first kappa shape index (κ1) is 21.0. The van der Waals surface area contributed by atoms with Gasteiger partial charge in [-0.25, -0.2) is 0 Å². The van der Waals surface area contributed by atoms with Crippen molar-refractivity contribution in [2.45, 2.75) is 11.3 Å². The van der Waals surface area contributed by atoms with Gasteiger partial charge in [0.1, 0.15) is 0 Å². The summed E-state index contributed by atoms with van der Waals surface area (Å²) < 4.78 is 0. The van der Waals surface area contributed by atoms with Gasteiger partial charge in [-0.15, -0.1) is 18.3 Å². The fourth-order valence-corrected chi connectivity index (χ4v) is 4.12. The molecule has 0 spiro atoms. The zero-order valence-corrected chi connectivity index (χ0v) is 17.3. The molecule has 0 radical (unpaired) electrons. The second kappa shape index (κ2) is 10.7. The number of amides is 1. The maximum absolute atomic E-state index is 12.6. The summed E-state index contributed by atoms with van der Waals surface area (Å²) in [6, 6.07) is 17.7. The Hall–Kier alpha value is -2.75. The van der Waals surface area contributed by atoms with E-state index in [9.17, 15) is 4.79 Å². The minimum absolute atomic E-state index is 0.0171. The molecule has 0 atom stereocenters. The largest absolute Gasteiger partial charge is 0.370 e. The van der Waals surface area contributed by atoms with Crippen LogP contribution in [0.5, 0.6) is 0 Å². The molecule has 1 fully saturated rings. The quantitative estimate of drug-likeness (QED) is 0.557. The Kier molecular flexibility index (Phi) is 7.74. The van der Waals surface area contributed by atoms with Crippen molar-refractivity contribution in [1.29, 1.82) is 5.26 Å². The van der Waals surface area contributed by atoms with Crippen molar-refractivity contribution in [2.75, 3.05) is 48.7 Å². The summed E-state index contributed by atoms with van der Waals surface area (Å²) in [6.07, 6.45) is 2.86. The van der Waals surface area contributed by atoms with Crippen molar-refractivity contribution in [3.63, 3.8) is 0 Å². The molecule has 1 heterocycles. The zero-order valence-electron chi connectivity index (χ0n) is 16.5. The monoisotopic (exact) mass is 406 g/mol. The van der Waals surface area contributed by atoms with Gasteiger partial charge in [0.15, 0.2) is 0 Å². The van der Waals surface area contributed by atoms with Crippen LogP contribution in [0.4, 0.5) is 11.4 Å². The van der Waals surface area contributed by atoms with Gasteiger partial charge >= 0.3 is 0 Å². The highest BCUT2D eigenvalue weighted by Gasteiger charge is 2.18. The summed E-state index contributed by atoms with van der Waals surface area (Å²) in [7, 11) is 0. The number of rotatable bonds is 7. The normalized spacial score (nSPS) is 14.7. The lowest BCUT2D eigenvalue weighted by molar-refractivity contribution is -0.117. The summed E-state index contributed by atoms with van der Waals surface area (Å²) in [6.45, 7) is 7.69. The molecule has 0 aliphatic carbocycles. The number of nitrogens with zero attached hydrogens (tertiary/aromatic N) is 3. The molecule has 2 aromatic rings.